The monoisotopic (exact) mass is 424 g/mol. The lowest BCUT2D eigenvalue weighted by molar-refractivity contribution is 0.357. The Balaban J connectivity index is 2.24. The van der Waals surface area contributed by atoms with Gasteiger partial charge in [-0.3, -0.25) is 0 Å². The van der Waals surface area contributed by atoms with E-state index in [4.69, 9.17) is 5.73 Å². The molecule has 112 valence electrons. The molecule has 0 amide bonds. The molecule has 0 unspecified atom stereocenters. The Morgan fingerprint density at radius 3 is 2.40 bits per heavy atom. The SMILES string of the molecule is CC(C)C1(CNS(=O)(=O)c2c(N)cc(Br)cc2Br)CC1. The number of nitrogens with two attached hydrogens (primary N) is 1. The van der Waals surface area contributed by atoms with Crippen LogP contribution in [0.1, 0.15) is 26.7 Å². The molecule has 1 fully saturated rings. The molecule has 0 atom stereocenters. The van der Waals surface area contributed by atoms with Crippen LogP contribution in [0.5, 0.6) is 0 Å². The highest BCUT2D eigenvalue weighted by Gasteiger charge is 2.45. The molecule has 0 heterocycles. The van der Waals surface area contributed by atoms with Crippen LogP contribution in [0.3, 0.4) is 0 Å². The molecule has 0 spiro atoms. The Morgan fingerprint density at radius 1 is 1.35 bits per heavy atom. The standard InChI is InChI=1S/C13H18Br2N2O2S/c1-8(2)13(3-4-13)7-17-20(18,19)12-10(15)5-9(14)6-11(12)16/h5-6,8,17H,3-4,7,16H2,1-2H3. The van der Waals surface area contributed by atoms with Crippen LogP contribution in [-0.2, 0) is 10.0 Å². The van der Waals surface area contributed by atoms with Gasteiger partial charge in [-0.25, -0.2) is 13.1 Å². The largest absolute Gasteiger partial charge is 0.398 e. The number of hydrogen-bond acceptors (Lipinski definition) is 3. The first kappa shape index (κ1) is 16.3. The highest BCUT2D eigenvalue weighted by atomic mass is 79.9. The number of hydrogen-bond donors (Lipinski definition) is 2. The lowest BCUT2D eigenvalue weighted by Gasteiger charge is -2.20. The molecular formula is C13H18Br2N2O2S. The van der Waals surface area contributed by atoms with Crippen molar-refractivity contribution >= 4 is 47.6 Å². The number of nitrogens with one attached hydrogen (secondary N) is 1. The van der Waals surface area contributed by atoms with Gasteiger partial charge in [0.2, 0.25) is 10.0 Å². The zero-order valence-electron chi connectivity index (χ0n) is 11.4. The quantitative estimate of drug-likeness (QED) is 0.709. The molecular weight excluding hydrogens is 408 g/mol. The third-order valence-electron chi connectivity index (χ3n) is 4.04. The summed E-state index contributed by atoms with van der Waals surface area (Å²) in [6.45, 7) is 4.73. The number of halogens is 2. The van der Waals surface area contributed by atoms with Gasteiger partial charge in [0.1, 0.15) is 4.90 Å². The van der Waals surface area contributed by atoms with E-state index >= 15 is 0 Å². The smallest absolute Gasteiger partial charge is 0.243 e. The van der Waals surface area contributed by atoms with Crippen LogP contribution >= 0.6 is 31.9 Å². The second-order valence-corrected chi connectivity index (χ2v) is 9.12. The predicted molar refractivity (Wildman–Crippen MR) is 87.9 cm³/mol. The van der Waals surface area contributed by atoms with Gasteiger partial charge in [0.05, 0.1) is 5.69 Å². The average molecular weight is 426 g/mol. The minimum atomic E-state index is -3.61. The second kappa shape index (κ2) is 5.59. The average Bonchev–Trinajstić information content (AvgIpc) is 3.05. The summed E-state index contributed by atoms with van der Waals surface area (Å²) in [6.07, 6.45) is 2.15. The van der Waals surface area contributed by atoms with Crippen molar-refractivity contribution in [3.63, 3.8) is 0 Å². The highest BCUT2D eigenvalue weighted by Crippen LogP contribution is 2.51. The molecule has 4 nitrogen and oxygen atoms in total. The van der Waals surface area contributed by atoms with Gasteiger partial charge >= 0.3 is 0 Å². The first-order valence-electron chi connectivity index (χ1n) is 6.42. The molecule has 2 rings (SSSR count). The van der Waals surface area contributed by atoms with E-state index in [0.717, 1.165) is 17.3 Å². The van der Waals surface area contributed by atoms with Crippen LogP contribution in [0, 0.1) is 11.3 Å². The molecule has 20 heavy (non-hydrogen) atoms. The Labute approximate surface area is 136 Å². The summed E-state index contributed by atoms with van der Waals surface area (Å²) in [6, 6.07) is 3.27. The van der Waals surface area contributed by atoms with E-state index in [0.29, 0.717) is 16.9 Å². The molecule has 7 heteroatoms. The van der Waals surface area contributed by atoms with Gasteiger partial charge in [0, 0.05) is 15.5 Å². The topological polar surface area (TPSA) is 72.2 Å². The van der Waals surface area contributed by atoms with Gasteiger partial charge in [0.25, 0.3) is 0 Å². The fraction of sp³-hybridized carbons (Fsp3) is 0.538. The van der Waals surface area contributed by atoms with Crippen LogP contribution in [0.2, 0.25) is 0 Å². The lowest BCUT2D eigenvalue weighted by atomic mass is 9.93. The lowest BCUT2D eigenvalue weighted by Crippen LogP contribution is -2.33. The summed E-state index contributed by atoms with van der Waals surface area (Å²) in [5, 5.41) is 0. The highest BCUT2D eigenvalue weighted by molar-refractivity contribution is 9.11. The molecule has 0 aliphatic heterocycles. The van der Waals surface area contributed by atoms with Crippen LogP contribution in [0.4, 0.5) is 5.69 Å². The van der Waals surface area contributed by atoms with Crippen molar-refractivity contribution in [3.05, 3.63) is 21.1 Å². The third kappa shape index (κ3) is 3.21. The molecule has 1 aliphatic carbocycles. The number of benzene rings is 1. The maximum atomic E-state index is 12.4. The fourth-order valence-corrected chi connectivity index (χ4v) is 5.50. The van der Waals surface area contributed by atoms with Crippen LogP contribution in [0.15, 0.2) is 26.0 Å². The molecule has 0 aromatic heterocycles. The summed E-state index contributed by atoms with van der Waals surface area (Å²) in [4.78, 5) is 0.111. The number of nitrogen functional groups attached to an aromatic ring is 1. The van der Waals surface area contributed by atoms with E-state index in [2.05, 4.69) is 50.4 Å². The van der Waals surface area contributed by atoms with Gasteiger partial charge in [-0.1, -0.05) is 29.8 Å². The van der Waals surface area contributed by atoms with Crippen LogP contribution in [0.25, 0.3) is 0 Å². The molecule has 3 N–H and O–H groups in total. The van der Waals surface area contributed by atoms with Crippen LogP contribution in [-0.4, -0.2) is 15.0 Å². The van der Waals surface area contributed by atoms with Gasteiger partial charge in [-0.2, -0.15) is 0 Å². The van der Waals surface area contributed by atoms with Crippen molar-refractivity contribution in [3.8, 4) is 0 Å². The van der Waals surface area contributed by atoms with Gasteiger partial charge in [-0.05, 0) is 52.2 Å². The Hall–Kier alpha value is -0.110. The van der Waals surface area contributed by atoms with E-state index in [1.54, 1.807) is 12.1 Å². The Morgan fingerprint density at radius 2 is 1.95 bits per heavy atom. The van der Waals surface area contributed by atoms with E-state index in [1.165, 1.54) is 0 Å². The molecule has 0 radical (unpaired) electrons. The third-order valence-corrected chi connectivity index (χ3v) is 6.90. The van der Waals surface area contributed by atoms with E-state index < -0.39 is 10.0 Å². The van der Waals surface area contributed by atoms with Crippen molar-refractivity contribution in [2.75, 3.05) is 12.3 Å². The first-order valence-corrected chi connectivity index (χ1v) is 9.49. The maximum Gasteiger partial charge on any atom is 0.243 e. The molecule has 0 saturated heterocycles. The van der Waals surface area contributed by atoms with Gasteiger partial charge < -0.3 is 5.73 Å². The fourth-order valence-electron chi connectivity index (χ4n) is 2.29. The molecule has 1 aliphatic rings. The van der Waals surface area contributed by atoms with Crippen molar-refractivity contribution in [2.45, 2.75) is 31.6 Å². The molecule has 1 aromatic rings. The van der Waals surface area contributed by atoms with E-state index in [9.17, 15) is 8.42 Å². The summed E-state index contributed by atoms with van der Waals surface area (Å²) in [5.74, 6) is 0.468. The van der Waals surface area contributed by atoms with E-state index in [1.807, 2.05) is 0 Å². The minimum Gasteiger partial charge on any atom is -0.398 e. The second-order valence-electron chi connectivity index (χ2n) is 5.65. The Bertz CT molecular complexity index is 602. The first-order chi connectivity index (χ1) is 9.18. The summed E-state index contributed by atoms with van der Waals surface area (Å²) < 4.78 is 28.8. The number of rotatable bonds is 5. The normalized spacial score (nSPS) is 17.4. The zero-order valence-corrected chi connectivity index (χ0v) is 15.4. The predicted octanol–water partition coefficient (Wildman–Crippen LogP) is 3.51. The minimum absolute atomic E-state index is 0.111. The van der Waals surface area contributed by atoms with Crippen LogP contribution < -0.4 is 10.5 Å². The van der Waals surface area contributed by atoms with E-state index in [-0.39, 0.29) is 16.0 Å². The Kier molecular flexibility index (Phi) is 4.54. The van der Waals surface area contributed by atoms with Crippen molar-refractivity contribution in [2.24, 2.45) is 11.3 Å². The molecule has 1 saturated carbocycles. The molecule has 0 bridgehead atoms. The molecule has 1 aromatic carbocycles. The summed E-state index contributed by atoms with van der Waals surface area (Å²) >= 11 is 6.56. The van der Waals surface area contributed by atoms with Crippen molar-refractivity contribution < 1.29 is 8.42 Å². The number of anilines is 1. The summed E-state index contributed by atoms with van der Waals surface area (Å²) in [5.41, 5.74) is 6.19. The zero-order chi connectivity index (χ0) is 15.1. The van der Waals surface area contributed by atoms with Crippen molar-refractivity contribution in [1.29, 1.82) is 0 Å². The van der Waals surface area contributed by atoms with Gasteiger partial charge in [-0.15, -0.1) is 0 Å². The van der Waals surface area contributed by atoms with Gasteiger partial charge in [0.15, 0.2) is 0 Å². The maximum absolute atomic E-state index is 12.4. The summed E-state index contributed by atoms with van der Waals surface area (Å²) in [7, 11) is -3.61. The number of sulfonamides is 1. The van der Waals surface area contributed by atoms with Crippen molar-refractivity contribution in [1.82, 2.24) is 4.72 Å².